The number of aryl methyl sites for hydroxylation is 1. The minimum atomic E-state index is -0.564. The summed E-state index contributed by atoms with van der Waals surface area (Å²) in [6, 6.07) is 2.90. The zero-order chi connectivity index (χ0) is 12.4. The molecule has 2 nitrogen and oxygen atoms in total. The lowest BCUT2D eigenvalue weighted by Gasteiger charge is -2.28. The van der Waals surface area contributed by atoms with E-state index < -0.39 is 5.82 Å². The lowest BCUT2D eigenvalue weighted by molar-refractivity contribution is 0.300. The van der Waals surface area contributed by atoms with Crippen molar-refractivity contribution in [3.8, 4) is 5.75 Å². The molecule has 1 aliphatic rings. The summed E-state index contributed by atoms with van der Waals surface area (Å²) in [5.41, 5.74) is 7.55. The molecule has 102 valence electrons. The van der Waals surface area contributed by atoms with E-state index in [1.165, 1.54) is 25.3 Å². The van der Waals surface area contributed by atoms with Gasteiger partial charge in [0.1, 0.15) is 0 Å². The highest BCUT2D eigenvalue weighted by Crippen LogP contribution is 2.37. The van der Waals surface area contributed by atoms with Crippen LogP contribution in [0.5, 0.6) is 5.75 Å². The molecular weight excluding hydrogens is 253 g/mol. The van der Waals surface area contributed by atoms with Crippen molar-refractivity contribution in [2.45, 2.75) is 45.1 Å². The predicted octanol–water partition coefficient (Wildman–Crippen LogP) is 3.84. The molecule has 0 heterocycles. The van der Waals surface area contributed by atoms with Gasteiger partial charge in [-0.3, -0.25) is 0 Å². The molecule has 4 heteroatoms. The molecule has 0 aromatic heterocycles. The normalized spacial score (nSPS) is 18.2. The second kappa shape index (κ2) is 6.39. The van der Waals surface area contributed by atoms with Gasteiger partial charge in [0.15, 0.2) is 11.6 Å². The first kappa shape index (κ1) is 15.3. The predicted molar refractivity (Wildman–Crippen MR) is 73.6 cm³/mol. The highest BCUT2D eigenvalue weighted by molar-refractivity contribution is 5.85. The van der Waals surface area contributed by atoms with Crippen molar-refractivity contribution in [2.24, 2.45) is 11.7 Å². The molecule has 0 radical (unpaired) electrons. The first-order valence-corrected chi connectivity index (χ1v) is 6.34. The van der Waals surface area contributed by atoms with Gasteiger partial charge in [-0.25, -0.2) is 4.39 Å². The van der Waals surface area contributed by atoms with Crippen LogP contribution in [0.1, 0.15) is 49.3 Å². The largest absolute Gasteiger partial charge is 0.505 e. The smallest absolute Gasteiger partial charge is 0.165 e. The summed E-state index contributed by atoms with van der Waals surface area (Å²) in [6.45, 7) is 1.82. The van der Waals surface area contributed by atoms with Crippen molar-refractivity contribution in [3.63, 3.8) is 0 Å². The average Bonchev–Trinajstić information content (AvgIpc) is 2.34. The Hall–Kier alpha value is -0.800. The summed E-state index contributed by atoms with van der Waals surface area (Å²) in [7, 11) is 0. The van der Waals surface area contributed by atoms with E-state index in [0.717, 1.165) is 18.4 Å². The number of hydrogen-bond acceptors (Lipinski definition) is 2. The minimum Gasteiger partial charge on any atom is -0.505 e. The van der Waals surface area contributed by atoms with Crippen molar-refractivity contribution in [3.05, 3.63) is 29.1 Å². The number of rotatable bonds is 2. The number of halogens is 2. The molecule has 0 saturated heterocycles. The number of hydrogen-bond donors (Lipinski definition) is 2. The van der Waals surface area contributed by atoms with Crippen molar-refractivity contribution in [1.29, 1.82) is 0 Å². The molecule has 0 spiro atoms. The Morgan fingerprint density at radius 3 is 2.50 bits per heavy atom. The number of nitrogens with two attached hydrogens (primary N) is 1. The first-order chi connectivity index (χ1) is 8.09. The van der Waals surface area contributed by atoms with Gasteiger partial charge in [0.05, 0.1) is 0 Å². The molecule has 1 aromatic carbocycles. The lowest BCUT2D eigenvalue weighted by Crippen LogP contribution is -2.23. The molecule has 3 N–H and O–H groups in total. The van der Waals surface area contributed by atoms with E-state index in [1.807, 2.05) is 6.92 Å². The van der Waals surface area contributed by atoms with Gasteiger partial charge >= 0.3 is 0 Å². The fourth-order valence-corrected chi connectivity index (χ4v) is 2.76. The molecular formula is C14H21ClFNO. The Kier molecular flexibility index (Phi) is 5.42. The van der Waals surface area contributed by atoms with Gasteiger partial charge in [0.2, 0.25) is 0 Å². The molecule has 1 atom stereocenters. The second-order valence-electron chi connectivity index (χ2n) is 5.11. The molecule has 0 bridgehead atoms. The van der Waals surface area contributed by atoms with E-state index in [4.69, 9.17) is 5.73 Å². The molecule has 1 aliphatic carbocycles. The quantitative estimate of drug-likeness (QED) is 0.860. The number of benzene rings is 1. The van der Waals surface area contributed by atoms with Crippen molar-refractivity contribution < 1.29 is 9.50 Å². The van der Waals surface area contributed by atoms with Gasteiger partial charge < -0.3 is 10.8 Å². The second-order valence-corrected chi connectivity index (χ2v) is 5.11. The Balaban J connectivity index is 0.00000162. The van der Waals surface area contributed by atoms with Crippen LogP contribution in [-0.2, 0) is 0 Å². The lowest BCUT2D eigenvalue weighted by atomic mass is 9.81. The fourth-order valence-electron chi connectivity index (χ4n) is 2.76. The molecule has 1 fully saturated rings. The monoisotopic (exact) mass is 273 g/mol. The van der Waals surface area contributed by atoms with Gasteiger partial charge in [-0.2, -0.15) is 0 Å². The van der Waals surface area contributed by atoms with Gasteiger partial charge in [0.25, 0.3) is 0 Å². The Labute approximate surface area is 114 Å². The van der Waals surface area contributed by atoms with Gasteiger partial charge in [0, 0.05) is 11.6 Å². The van der Waals surface area contributed by atoms with Crippen LogP contribution in [0.15, 0.2) is 12.1 Å². The standard InChI is InChI=1S/C14H20FNO.ClH/c1-9-7-11(14(17)12(15)8-9)13(16)10-5-3-2-4-6-10;/h7-8,10,13,17H,2-6,16H2,1H3;1H/t13-;/m0./s1. The van der Waals surface area contributed by atoms with E-state index in [9.17, 15) is 9.50 Å². The molecule has 0 unspecified atom stereocenters. The molecule has 1 aromatic rings. The van der Waals surface area contributed by atoms with Crippen LogP contribution in [0.4, 0.5) is 4.39 Å². The average molecular weight is 274 g/mol. The van der Waals surface area contributed by atoms with Crippen molar-refractivity contribution in [2.75, 3.05) is 0 Å². The van der Waals surface area contributed by atoms with Crippen LogP contribution in [-0.4, -0.2) is 5.11 Å². The third-order valence-corrected chi connectivity index (χ3v) is 3.75. The summed E-state index contributed by atoms with van der Waals surface area (Å²) in [5.74, 6) is -0.462. The Morgan fingerprint density at radius 1 is 1.28 bits per heavy atom. The van der Waals surface area contributed by atoms with Crippen molar-refractivity contribution >= 4 is 12.4 Å². The van der Waals surface area contributed by atoms with Crippen molar-refractivity contribution in [1.82, 2.24) is 0 Å². The molecule has 18 heavy (non-hydrogen) atoms. The zero-order valence-corrected chi connectivity index (χ0v) is 11.5. The van der Waals surface area contributed by atoms with E-state index in [2.05, 4.69) is 0 Å². The number of phenolic OH excluding ortho intramolecular Hbond substituents is 1. The van der Waals surface area contributed by atoms with E-state index >= 15 is 0 Å². The maximum Gasteiger partial charge on any atom is 0.165 e. The fraction of sp³-hybridized carbons (Fsp3) is 0.571. The number of phenols is 1. The Bertz CT molecular complexity index is 405. The van der Waals surface area contributed by atoms with Gasteiger partial charge in [-0.15, -0.1) is 12.4 Å². The van der Waals surface area contributed by atoms with Crippen LogP contribution >= 0.6 is 12.4 Å². The highest BCUT2D eigenvalue weighted by Gasteiger charge is 2.25. The number of aromatic hydroxyl groups is 1. The van der Waals surface area contributed by atoms with E-state index in [1.54, 1.807) is 6.07 Å². The topological polar surface area (TPSA) is 46.2 Å². The van der Waals surface area contributed by atoms with E-state index in [-0.39, 0.29) is 24.2 Å². The summed E-state index contributed by atoms with van der Waals surface area (Å²) in [6.07, 6.45) is 5.80. The summed E-state index contributed by atoms with van der Waals surface area (Å²) >= 11 is 0. The Morgan fingerprint density at radius 2 is 1.89 bits per heavy atom. The zero-order valence-electron chi connectivity index (χ0n) is 10.7. The first-order valence-electron chi connectivity index (χ1n) is 6.34. The summed E-state index contributed by atoms with van der Waals surface area (Å²) < 4.78 is 13.5. The summed E-state index contributed by atoms with van der Waals surface area (Å²) in [5, 5.41) is 9.77. The molecule has 2 rings (SSSR count). The SMILES string of the molecule is Cc1cc(F)c(O)c([C@@H](N)C2CCCCC2)c1.Cl. The molecule has 0 amide bonds. The van der Waals surface area contributed by atoms with Crippen LogP contribution < -0.4 is 5.73 Å². The maximum absolute atomic E-state index is 13.5. The summed E-state index contributed by atoms with van der Waals surface area (Å²) in [4.78, 5) is 0. The van der Waals surface area contributed by atoms with E-state index in [0.29, 0.717) is 11.5 Å². The van der Waals surface area contributed by atoms with Crippen LogP contribution in [0, 0.1) is 18.7 Å². The van der Waals surface area contributed by atoms with Crippen LogP contribution in [0.3, 0.4) is 0 Å². The van der Waals surface area contributed by atoms with Crippen LogP contribution in [0.25, 0.3) is 0 Å². The van der Waals surface area contributed by atoms with Crippen LogP contribution in [0.2, 0.25) is 0 Å². The third-order valence-electron chi connectivity index (χ3n) is 3.75. The highest BCUT2D eigenvalue weighted by atomic mass is 35.5. The molecule has 1 saturated carbocycles. The molecule has 0 aliphatic heterocycles. The third kappa shape index (κ3) is 3.15. The van der Waals surface area contributed by atoms with Gasteiger partial charge in [-0.1, -0.05) is 25.3 Å². The minimum absolute atomic E-state index is 0. The van der Waals surface area contributed by atoms with Gasteiger partial charge in [-0.05, 0) is 37.3 Å². The maximum atomic E-state index is 13.5.